The maximum Gasteiger partial charge on any atom is 0.276 e. The van der Waals surface area contributed by atoms with Crippen molar-refractivity contribution in [2.45, 2.75) is 0 Å². The number of benzene rings is 3. The van der Waals surface area contributed by atoms with Gasteiger partial charge < -0.3 is 9.47 Å². The zero-order chi connectivity index (χ0) is 27.1. The van der Waals surface area contributed by atoms with Crippen molar-refractivity contribution in [2.24, 2.45) is 0 Å². The number of amides is 1. The molecular weight excluding hydrogens is 571 g/mol. The third-order valence-electron chi connectivity index (χ3n) is 7.51. The van der Waals surface area contributed by atoms with Crippen LogP contribution < -0.4 is 0 Å². The number of hydrogen-bond donors (Lipinski definition) is 0. The Labute approximate surface area is 247 Å². The van der Waals surface area contributed by atoms with Crippen molar-refractivity contribution < 1.29 is 4.79 Å². The van der Waals surface area contributed by atoms with Crippen LogP contribution in [0, 0.1) is 0 Å². The number of nitrogens with zero attached hydrogens (tertiary/aromatic N) is 3. The van der Waals surface area contributed by atoms with Crippen LogP contribution >= 0.6 is 46.2 Å². The summed E-state index contributed by atoms with van der Waals surface area (Å²) in [7, 11) is 3.57. The van der Waals surface area contributed by atoms with E-state index in [0.717, 1.165) is 4.88 Å². The Morgan fingerprint density at radius 2 is 1.43 bits per heavy atom. The lowest BCUT2D eigenvalue weighted by Crippen LogP contribution is -2.26. The first kappa shape index (κ1) is 24.0. The first-order valence-electron chi connectivity index (χ1n) is 12.8. The number of likely N-dealkylation sites (N-methyl/N-ethyl adjacent to an activating group) is 2. The standard InChI is InChI=1S/C32H21N3OS4/c1-33-25(31(36)34(2)32(33)37)16-21-12-18-13-27-19(14-26(18)38-21)15-28(39-27)29-17-24-30(40-29)22-10-6-7-11-23(22)35(24)20-8-4-3-5-9-20/h3-17H,1-2H3/b25-16+. The molecule has 3 aromatic carbocycles. The Bertz CT molecular complexity index is 2140. The molecular formula is C32H21N3OS4. The van der Waals surface area contributed by atoms with E-state index in [1.165, 1.54) is 61.6 Å². The lowest BCUT2D eigenvalue weighted by Gasteiger charge is -2.10. The maximum absolute atomic E-state index is 12.6. The van der Waals surface area contributed by atoms with Crippen molar-refractivity contribution in [1.82, 2.24) is 14.4 Å². The van der Waals surface area contributed by atoms with Crippen LogP contribution in [0.25, 0.3) is 62.8 Å². The van der Waals surface area contributed by atoms with Crippen LogP contribution in [0.15, 0.2) is 90.6 Å². The van der Waals surface area contributed by atoms with Crippen LogP contribution in [-0.2, 0) is 4.79 Å². The smallest absolute Gasteiger partial charge is 0.276 e. The van der Waals surface area contributed by atoms with E-state index in [-0.39, 0.29) is 5.91 Å². The summed E-state index contributed by atoms with van der Waals surface area (Å²) in [6, 6.07) is 30.7. The van der Waals surface area contributed by atoms with Crippen molar-refractivity contribution in [3.05, 3.63) is 95.5 Å². The quantitative estimate of drug-likeness (QED) is 0.152. The first-order valence-corrected chi connectivity index (χ1v) is 15.7. The molecule has 7 aromatic rings. The molecule has 4 nitrogen and oxygen atoms in total. The normalized spacial score (nSPS) is 15.3. The van der Waals surface area contributed by atoms with Crippen LogP contribution in [0.3, 0.4) is 0 Å². The average molecular weight is 592 g/mol. The van der Waals surface area contributed by atoms with Gasteiger partial charge in [-0.2, -0.15) is 0 Å². The van der Waals surface area contributed by atoms with Crippen molar-refractivity contribution in [1.29, 1.82) is 0 Å². The van der Waals surface area contributed by atoms with Crippen molar-refractivity contribution in [3.8, 4) is 15.4 Å². The average Bonchev–Trinajstić information content (AvgIpc) is 3.76. The molecule has 0 spiro atoms. The van der Waals surface area contributed by atoms with Crippen molar-refractivity contribution in [3.63, 3.8) is 0 Å². The molecule has 1 amide bonds. The monoisotopic (exact) mass is 591 g/mol. The van der Waals surface area contributed by atoms with E-state index in [0.29, 0.717) is 10.8 Å². The zero-order valence-corrected chi connectivity index (χ0v) is 24.8. The predicted molar refractivity (Wildman–Crippen MR) is 176 cm³/mol. The molecule has 0 N–H and O–H groups in total. The minimum Gasteiger partial charge on any atom is -0.317 e. The molecule has 0 atom stereocenters. The number of hydrogen-bond acceptors (Lipinski definition) is 5. The summed E-state index contributed by atoms with van der Waals surface area (Å²) in [5.41, 5.74) is 4.28. The highest BCUT2D eigenvalue weighted by Crippen LogP contribution is 2.45. The molecule has 4 aromatic heterocycles. The van der Waals surface area contributed by atoms with E-state index in [9.17, 15) is 4.79 Å². The molecule has 1 aliphatic heterocycles. The second kappa shape index (κ2) is 8.84. The molecule has 0 radical (unpaired) electrons. The molecule has 194 valence electrons. The lowest BCUT2D eigenvalue weighted by atomic mass is 10.2. The van der Waals surface area contributed by atoms with Crippen molar-refractivity contribution in [2.75, 3.05) is 14.1 Å². The Kier molecular flexibility index (Phi) is 5.31. The SMILES string of the molecule is CN1C(=O)/C(=C\c2cc3cc4sc(-c5cc6c(s5)c5ccccc5n6-c5ccccc5)cc4cc3s2)N(C)C1=S. The molecule has 1 fully saturated rings. The van der Waals surface area contributed by atoms with E-state index in [1.807, 2.05) is 35.8 Å². The van der Waals surface area contributed by atoms with Gasteiger partial charge in [-0.25, -0.2) is 0 Å². The minimum atomic E-state index is -0.0631. The van der Waals surface area contributed by atoms with Crippen LogP contribution in [-0.4, -0.2) is 39.5 Å². The van der Waals surface area contributed by atoms with E-state index < -0.39 is 0 Å². The summed E-state index contributed by atoms with van der Waals surface area (Å²) in [5.74, 6) is -0.0631. The summed E-state index contributed by atoms with van der Waals surface area (Å²) in [5, 5.41) is 4.26. The number of fused-ring (bicyclic) bond motifs is 5. The van der Waals surface area contributed by atoms with Crippen LogP contribution in [0.1, 0.15) is 4.88 Å². The molecule has 1 aliphatic rings. The highest BCUT2D eigenvalue weighted by atomic mass is 32.1. The number of rotatable bonds is 3. The van der Waals surface area contributed by atoms with Gasteiger partial charge in [0.15, 0.2) is 5.11 Å². The zero-order valence-electron chi connectivity index (χ0n) is 21.5. The van der Waals surface area contributed by atoms with E-state index in [2.05, 4.69) is 89.5 Å². The number of carbonyl (C=O) groups excluding carboxylic acids is 1. The molecule has 0 bridgehead atoms. The lowest BCUT2D eigenvalue weighted by molar-refractivity contribution is -0.121. The Morgan fingerprint density at radius 3 is 2.20 bits per heavy atom. The third-order valence-corrected chi connectivity index (χ3v) is 11.6. The fraction of sp³-hybridized carbons (Fsp3) is 0.0625. The van der Waals surface area contributed by atoms with E-state index in [4.69, 9.17) is 12.2 Å². The summed E-state index contributed by atoms with van der Waals surface area (Å²) in [4.78, 5) is 19.5. The number of aromatic nitrogens is 1. The second-order valence-electron chi connectivity index (χ2n) is 9.94. The topological polar surface area (TPSA) is 28.5 Å². The van der Waals surface area contributed by atoms with Gasteiger partial charge >= 0.3 is 0 Å². The Balaban J connectivity index is 1.22. The third kappa shape index (κ3) is 3.53. The van der Waals surface area contributed by atoms with Gasteiger partial charge in [0, 0.05) is 49.2 Å². The Hall–Kier alpha value is -3.82. The predicted octanol–water partition coefficient (Wildman–Crippen LogP) is 8.97. The van der Waals surface area contributed by atoms with Gasteiger partial charge in [0.25, 0.3) is 5.91 Å². The van der Waals surface area contributed by atoms with Crippen LogP contribution in [0.4, 0.5) is 0 Å². The first-order chi connectivity index (χ1) is 19.5. The molecule has 8 rings (SSSR count). The molecule has 1 saturated heterocycles. The highest BCUT2D eigenvalue weighted by Gasteiger charge is 2.32. The number of thiophene rings is 3. The van der Waals surface area contributed by atoms with Gasteiger partial charge in [-0.05, 0) is 77.6 Å². The number of thiocarbonyl (C=S) groups is 1. The van der Waals surface area contributed by atoms with Gasteiger partial charge in [0.05, 0.1) is 15.7 Å². The largest absolute Gasteiger partial charge is 0.317 e. The summed E-state index contributed by atoms with van der Waals surface area (Å²) < 4.78 is 6.18. The maximum atomic E-state index is 12.6. The molecule has 8 heteroatoms. The van der Waals surface area contributed by atoms with Crippen LogP contribution in [0.5, 0.6) is 0 Å². The van der Waals surface area contributed by atoms with E-state index >= 15 is 0 Å². The van der Waals surface area contributed by atoms with Crippen molar-refractivity contribution >= 4 is 105 Å². The fourth-order valence-corrected chi connectivity index (χ4v) is 9.07. The molecule has 0 unspecified atom stereocenters. The summed E-state index contributed by atoms with van der Waals surface area (Å²) in [6.07, 6.45) is 1.95. The highest BCUT2D eigenvalue weighted by molar-refractivity contribution is 7.80. The summed E-state index contributed by atoms with van der Waals surface area (Å²) in [6.45, 7) is 0. The van der Waals surface area contributed by atoms with Gasteiger partial charge in [-0.1, -0.05) is 36.4 Å². The minimum absolute atomic E-state index is 0.0631. The van der Waals surface area contributed by atoms with Gasteiger partial charge in [0.2, 0.25) is 0 Å². The molecule has 40 heavy (non-hydrogen) atoms. The molecule has 5 heterocycles. The second-order valence-corrected chi connectivity index (χ2v) is 13.6. The number of para-hydroxylation sites is 2. The number of carbonyl (C=O) groups is 1. The fourth-order valence-electron chi connectivity index (χ4n) is 5.52. The molecule has 0 aliphatic carbocycles. The Morgan fingerprint density at radius 1 is 0.725 bits per heavy atom. The van der Waals surface area contributed by atoms with Gasteiger partial charge in [0.1, 0.15) is 5.70 Å². The van der Waals surface area contributed by atoms with Crippen LogP contribution in [0.2, 0.25) is 0 Å². The van der Waals surface area contributed by atoms with E-state index in [1.54, 1.807) is 23.3 Å². The molecule has 0 saturated carbocycles. The van der Waals surface area contributed by atoms with Gasteiger partial charge in [-0.3, -0.25) is 9.69 Å². The van der Waals surface area contributed by atoms with Gasteiger partial charge in [-0.15, -0.1) is 34.0 Å². The summed E-state index contributed by atoms with van der Waals surface area (Å²) >= 11 is 10.8.